The highest BCUT2D eigenvalue weighted by Gasteiger charge is 2.64. The number of rotatable bonds is 4. The monoisotopic (exact) mass is 515 g/mol. The molecule has 0 radical (unpaired) electrons. The standard InChI is InChI=1S/C31H21N3O5/c35-29(20-10-5-11-21(17-20)34(38)39)28-26-25(27-23-13-4-2-8-19(23)15-16-32(27)28)30(36)33(31(26)37)24-14-6-9-18-7-1-3-12-22(18)24/h1-17,25-28H. The van der Waals surface area contributed by atoms with Gasteiger partial charge >= 0.3 is 0 Å². The van der Waals surface area contributed by atoms with Gasteiger partial charge in [0.1, 0.15) is 6.04 Å². The normalized spacial score (nSPS) is 23.1. The maximum atomic E-state index is 14.2. The number of fused-ring (bicyclic) bond motifs is 6. The van der Waals surface area contributed by atoms with Gasteiger partial charge in [0.15, 0.2) is 5.78 Å². The lowest BCUT2D eigenvalue weighted by Gasteiger charge is -2.35. The van der Waals surface area contributed by atoms with Crippen molar-refractivity contribution in [1.29, 1.82) is 0 Å². The van der Waals surface area contributed by atoms with Crippen LogP contribution in [-0.4, -0.2) is 33.5 Å². The zero-order chi connectivity index (χ0) is 26.8. The van der Waals surface area contributed by atoms with Crippen molar-refractivity contribution < 1.29 is 19.3 Å². The molecule has 2 fully saturated rings. The van der Waals surface area contributed by atoms with Gasteiger partial charge in [-0.1, -0.05) is 72.8 Å². The fourth-order valence-corrected chi connectivity index (χ4v) is 6.44. The van der Waals surface area contributed by atoms with Gasteiger partial charge in [-0.15, -0.1) is 0 Å². The molecule has 190 valence electrons. The molecule has 3 aliphatic rings. The molecule has 2 saturated heterocycles. The Morgan fingerprint density at radius 1 is 0.821 bits per heavy atom. The van der Waals surface area contributed by atoms with Gasteiger partial charge in [0.05, 0.1) is 28.5 Å². The highest BCUT2D eigenvalue weighted by Crippen LogP contribution is 2.54. The number of nitro benzene ring substituents is 1. The summed E-state index contributed by atoms with van der Waals surface area (Å²) in [5.41, 5.74) is 2.20. The number of nitro groups is 1. The van der Waals surface area contributed by atoms with E-state index in [0.29, 0.717) is 5.69 Å². The summed E-state index contributed by atoms with van der Waals surface area (Å²) in [4.78, 5) is 56.4. The number of hydrogen-bond donors (Lipinski definition) is 0. The highest BCUT2D eigenvalue weighted by atomic mass is 16.6. The van der Waals surface area contributed by atoms with Crippen LogP contribution < -0.4 is 4.90 Å². The van der Waals surface area contributed by atoms with Crippen LogP contribution in [0.1, 0.15) is 27.5 Å². The number of amides is 2. The summed E-state index contributed by atoms with van der Waals surface area (Å²) in [6.07, 6.45) is 3.64. The summed E-state index contributed by atoms with van der Waals surface area (Å²) in [6, 6.07) is 24.7. The third kappa shape index (κ3) is 3.28. The molecule has 8 heteroatoms. The van der Waals surface area contributed by atoms with Crippen LogP contribution in [0.3, 0.4) is 0 Å². The molecule has 2 amide bonds. The van der Waals surface area contributed by atoms with Crippen LogP contribution in [0.4, 0.5) is 11.4 Å². The minimum absolute atomic E-state index is 0.129. The lowest BCUT2D eigenvalue weighted by atomic mass is 9.83. The number of benzene rings is 4. The Bertz CT molecular complexity index is 1760. The van der Waals surface area contributed by atoms with E-state index in [0.717, 1.165) is 21.9 Å². The first-order valence-corrected chi connectivity index (χ1v) is 12.6. The predicted octanol–water partition coefficient (Wildman–Crippen LogP) is 5.15. The van der Waals surface area contributed by atoms with Crippen LogP contribution in [-0.2, 0) is 9.59 Å². The zero-order valence-corrected chi connectivity index (χ0v) is 20.5. The second-order valence-electron chi connectivity index (χ2n) is 10.0. The number of nitrogens with zero attached hydrogens (tertiary/aromatic N) is 3. The SMILES string of the molecule is O=C(c1cccc([N+](=O)[O-])c1)C1C2C(=O)N(c3cccc4ccccc34)C(=O)C2C2c3ccccc3C=CN12. The number of anilines is 1. The fraction of sp³-hybridized carbons (Fsp3) is 0.129. The van der Waals surface area contributed by atoms with Gasteiger partial charge in [-0.3, -0.25) is 24.5 Å². The third-order valence-electron chi connectivity index (χ3n) is 8.08. The van der Waals surface area contributed by atoms with Gasteiger partial charge in [0.25, 0.3) is 5.69 Å². The average Bonchev–Trinajstić information content (AvgIpc) is 3.44. The molecule has 4 unspecified atom stereocenters. The van der Waals surface area contributed by atoms with E-state index in [1.54, 1.807) is 17.2 Å². The molecule has 3 heterocycles. The molecule has 39 heavy (non-hydrogen) atoms. The van der Waals surface area contributed by atoms with Gasteiger partial charge in [0, 0.05) is 29.3 Å². The molecular weight excluding hydrogens is 494 g/mol. The first-order valence-electron chi connectivity index (χ1n) is 12.6. The van der Waals surface area contributed by atoms with E-state index >= 15 is 0 Å². The van der Waals surface area contributed by atoms with Crippen molar-refractivity contribution in [3.05, 3.63) is 124 Å². The van der Waals surface area contributed by atoms with Crippen molar-refractivity contribution in [2.75, 3.05) is 4.90 Å². The molecular formula is C31H21N3O5. The van der Waals surface area contributed by atoms with E-state index in [1.807, 2.05) is 66.7 Å². The van der Waals surface area contributed by atoms with E-state index in [-0.39, 0.29) is 17.2 Å². The van der Waals surface area contributed by atoms with Gasteiger partial charge < -0.3 is 4.90 Å². The largest absolute Gasteiger partial charge is 0.358 e. The molecule has 0 saturated carbocycles. The first kappa shape index (κ1) is 23.0. The fourth-order valence-electron chi connectivity index (χ4n) is 6.44. The van der Waals surface area contributed by atoms with Crippen LogP contribution in [0, 0.1) is 22.0 Å². The van der Waals surface area contributed by atoms with E-state index in [9.17, 15) is 24.5 Å². The van der Waals surface area contributed by atoms with Crippen molar-refractivity contribution in [2.45, 2.75) is 12.1 Å². The van der Waals surface area contributed by atoms with Crippen LogP contribution in [0.25, 0.3) is 16.8 Å². The summed E-state index contributed by atoms with van der Waals surface area (Å²) in [7, 11) is 0. The van der Waals surface area contributed by atoms with Crippen molar-refractivity contribution in [1.82, 2.24) is 4.90 Å². The van der Waals surface area contributed by atoms with E-state index in [1.165, 1.54) is 29.2 Å². The Morgan fingerprint density at radius 3 is 2.38 bits per heavy atom. The van der Waals surface area contributed by atoms with E-state index < -0.39 is 40.5 Å². The summed E-state index contributed by atoms with van der Waals surface area (Å²) in [5, 5.41) is 13.1. The summed E-state index contributed by atoms with van der Waals surface area (Å²) in [5.74, 6) is -2.97. The molecule has 7 rings (SSSR count). The van der Waals surface area contributed by atoms with Gasteiger partial charge in [-0.2, -0.15) is 0 Å². The van der Waals surface area contributed by atoms with E-state index in [4.69, 9.17) is 0 Å². The molecule has 8 nitrogen and oxygen atoms in total. The molecule has 0 spiro atoms. The molecule has 0 N–H and O–H groups in total. The van der Waals surface area contributed by atoms with Crippen molar-refractivity contribution in [3.8, 4) is 0 Å². The van der Waals surface area contributed by atoms with Crippen LogP contribution in [0.2, 0.25) is 0 Å². The third-order valence-corrected chi connectivity index (χ3v) is 8.08. The molecule has 4 aromatic rings. The van der Waals surface area contributed by atoms with Gasteiger partial charge in [-0.25, -0.2) is 4.90 Å². The molecule has 4 aromatic carbocycles. The second-order valence-corrected chi connectivity index (χ2v) is 10.0. The Kier molecular flexibility index (Phi) is 5.00. The Balaban J connectivity index is 1.39. The van der Waals surface area contributed by atoms with Crippen molar-refractivity contribution in [3.63, 3.8) is 0 Å². The highest BCUT2D eigenvalue weighted by molar-refractivity contribution is 6.27. The Hall–Kier alpha value is -5.11. The van der Waals surface area contributed by atoms with Crippen molar-refractivity contribution in [2.24, 2.45) is 11.8 Å². The molecule has 0 bridgehead atoms. The molecule has 0 aromatic heterocycles. The Morgan fingerprint density at radius 2 is 1.54 bits per heavy atom. The number of carbonyl (C=O) groups excluding carboxylic acids is 3. The number of hydrogen-bond acceptors (Lipinski definition) is 6. The van der Waals surface area contributed by atoms with Crippen LogP contribution in [0.15, 0.2) is 97.2 Å². The maximum absolute atomic E-state index is 14.2. The minimum Gasteiger partial charge on any atom is -0.358 e. The predicted molar refractivity (Wildman–Crippen MR) is 145 cm³/mol. The number of imide groups is 1. The minimum atomic E-state index is -0.997. The zero-order valence-electron chi connectivity index (χ0n) is 20.5. The number of non-ortho nitro benzene ring substituents is 1. The lowest BCUT2D eigenvalue weighted by molar-refractivity contribution is -0.384. The second kappa shape index (κ2) is 8.46. The van der Waals surface area contributed by atoms with Crippen LogP contribution in [0.5, 0.6) is 0 Å². The van der Waals surface area contributed by atoms with E-state index in [2.05, 4.69) is 0 Å². The van der Waals surface area contributed by atoms with Gasteiger partial charge in [0.2, 0.25) is 11.8 Å². The number of ketones is 1. The molecule has 0 aliphatic carbocycles. The topological polar surface area (TPSA) is 101 Å². The summed E-state index contributed by atoms with van der Waals surface area (Å²) in [6.45, 7) is 0. The lowest BCUT2D eigenvalue weighted by Crippen LogP contribution is -2.44. The van der Waals surface area contributed by atoms with Crippen LogP contribution >= 0.6 is 0 Å². The smallest absolute Gasteiger partial charge is 0.270 e. The average molecular weight is 516 g/mol. The summed E-state index contributed by atoms with van der Waals surface area (Å²) < 4.78 is 0. The number of carbonyl (C=O) groups is 3. The molecule has 4 atom stereocenters. The Labute approximate surface area is 222 Å². The maximum Gasteiger partial charge on any atom is 0.270 e. The summed E-state index contributed by atoms with van der Waals surface area (Å²) >= 11 is 0. The molecule has 3 aliphatic heterocycles. The van der Waals surface area contributed by atoms with Crippen molar-refractivity contribution >= 4 is 45.8 Å². The van der Waals surface area contributed by atoms with Gasteiger partial charge in [-0.05, 0) is 28.7 Å². The number of Topliss-reactive ketones (excluding diaryl/α,β-unsaturated/α-hetero) is 1. The first-order chi connectivity index (χ1) is 19.0. The quantitative estimate of drug-likeness (QED) is 0.161.